The lowest BCUT2D eigenvalue weighted by Crippen LogP contribution is -1.96. The summed E-state index contributed by atoms with van der Waals surface area (Å²) in [5.74, 6) is -4.24. The molecular weight excluding hydrogens is 428 g/mol. The first-order valence-electron chi connectivity index (χ1n) is 8.10. The molecular formula is C20H13BrN2O5. The third kappa shape index (κ3) is 2.74. The number of fused-ring (bicyclic) bond motifs is 1. The lowest BCUT2D eigenvalue weighted by molar-refractivity contribution is 0.330. The molecule has 0 aliphatic carbocycles. The normalized spacial score (nSPS) is 11.0. The zero-order chi connectivity index (χ0) is 20.0. The minimum Gasteiger partial charge on any atom is -0.504 e. The van der Waals surface area contributed by atoms with E-state index in [-0.39, 0.29) is 11.3 Å². The number of rotatable bonds is 2. The third-order valence-corrected chi connectivity index (χ3v) is 4.84. The molecule has 28 heavy (non-hydrogen) atoms. The fourth-order valence-electron chi connectivity index (χ4n) is 2.90. The number of aromatic nitrogens is 2. The van der Waals surface area contributed by atoms with Crippen molar-refractivity contribution in [3.05, 3.63) is 53.0 Å². The smallest absolute Gasteiger partial charge is 0.208 e. The second kappa shape index (κ2) is 6.58. The van der Waals surface area contributed by atoms with Crippen LogP contribution in [-0.4, -0.2) is 35.5 Å². The summed E-state index contributed by atoms with van der Waals surface area (Å²) in [6.07, 6.45) is 0. The molecule has 3 aromatic carbocycles. The molecule has 4 aromatic rings. The molecule has 0 radical (unpaired) electrons. The van der Waals surface area contributed by atoms with Crippen molar-refractivity contribution in [2.24, 2.45) is 0 Å². The molecule has 7 nitrogen and oxygen atoms in total. The average Bonchev–Trinajstić information content (AvgIpc) is 2.71. The molecule has 0 unspecified atom stereocenters. The summed E-state index contributed by atoms with van der Waals surface area (Å²) in [6, 6.07) is 14.1. The molecule has 1 heterocycles. The molecule has 0 aliphatic heterocycles. The van der Waals surface area contributed by atoms with E-state index in [1.165, 1.54) is 0 Å². The summed E-state index contributed by atoms with van der Waals surface area (Å²) in [5, 5.41) is 50.7. The van der Waals surface area contributed by atoms with Crippen molar-refractivity contribution in [2.75, 3.05) is 0 Å². The lowest BCUT2D eigenvalue weighted by Gasteiger charge is -2.14. The zero-order valence-electron chi connectivity index (χ0n) is 14.1. The van der Waals surface area contributed by atoms with Crippen molar-refractivity contribution in [1.82, 2.24) is 9.97 Å². The van der Waals surface area contributed by atoms with E-state index in [1.54, 1.807) is 36.4 Å². The highest BCUT2D eigenvalue weighted by molar-refractivity contribution is 9.10. The van der Waals surface area contributed by atoms with Gasteiger partial charge in [0.05, 0.1) is 16.8 Å². The van der Waals surface area contributed by atoms with Gasteiger partial charge < -0.3 is 25.5 Å². The molecule has 4 rings (SSSR count). The van der Waals surface area contributed by atoms with Gasteiger partial charge in [-0.3, -0.25) is 0 Å². The molecule has 0 saturated heterocycles. The number of nitrogens with zero attached hydrogens (tertiary/aromatic N) is 2. The van der Waals surface area contributed by atoms with Crippen molar-refractivity contribution in [2.45, 2.75) is 0 Å². The fraction of sp³-hybridized carbons (Fsp3) is 0. The van der Waals surface area contributed by atoms with E-state index in [2.05, 4.69) is 25.9 Å². The monoisotopic (exact) mass is 440 g/mol. The molecule has 0 bridgehead atoms. The number of hydrogen-bond acceptors (Lipinski definition) is 7. The quantitative estimate of drug-likeness (QED) is 0.232. The van der Waals surface area contributed by atoms with Gasteiger partial charge in [0.25, 0.3) is 0 Å². The van der Waals surface area contributed by atoms with Crippen molar-refractivity contribution in [3.8, 4) is 51.4 Å². The van der Waals surface area contributed by atoms with Gasteiger partial charge in [-0.25, -0.2) is 9.97 Å². The molecule has 8 heteroatoms. The second-order valence-corrected chi connectivity index (χ2v) is 6.95. The molecule has 140 valence electrons. The van der Waals surface area contributed by atoms with Gasteiger partial charge in [0.2, 0.25) is 17.2 Å². The number of halogens is 1. The van der Waals surface area contributed by atoms with Crippen LogP contribution in [0.5, 0.6) is 28.7 Å². The van der Waals surface area contributed by atoms with Gasteiger partial charge in [0, 0.05) is 15.4 Å². The molecule has 0 aliphatic rings. The van der Waals surface area contributed by atoms with Crippen molar-refractivity contribution < 1.29 is 25.5 Å². The highest BCUT2D eigenvalue weighted by Gasteiger charge is 2.27. The summed E-state index contributed by atoms with van der Waals surface area (Å²) in [6.45, 7) is 0. The van der Waals surface area contributed by atoms with Crippen LogP contribution in [0.25, 0.3) is 33.5 Å². The van der Waals surface area contributed by atoms with Crippen molar-refractivity contribution >= 4 is 26.8 Å². The van der Waals surface area contributed by atoms with Crippen LogP contribution in [0.4, 0.5) is 0 Å². The van der Waals surface area contributed by atoms with E-state index in [4.69, 9.17) is 0 Å². The van der Waals surface area contributed by atoms with Crippen LogP contribution < -0.4 is 0 Å². The van der Waals surface area contributed by atoms with Gasteiger partial charge in [0.1, 0.15) is 0 Å². The van der Waals surface area contributed by atoms with Crippen LogP contribution >= 0.6 is 15.9 Å². The Morgan fingerprint density at radius 1 is 0.643 bits per heavy atom. The van der Waals surface area contributed by atoms with Gasteiger partial charge in [-0.2, -0.15) is 0 Å². The highest BCUT2D eigenvalue weighted by atomic mass is 79.9. The number of phenols is 5. The molecule has 0 saturated carbocycles. The summed E-state index contributed by atoms with van der Waals surface area (Å²) < 4.78 is 0.876. The van der Waals surface area contributed by atoms with Gasteiger partial charge in [-0.05, 0) is 18.2 Å². The molecule has 0 spiro atoms. The Morgan fingerprint density at radius 2 is 1.21 bits per heavy atom. The van der Waals surface area contributed by atoms with Crippen LogP contribution in [0, 0.1) is 0 Å². The third-order valence-electron chi connectivity index (χ3n) is 4.31. The van der Waals surface area contributed by atoms with E-state index in [9.17, 15) is 25.5 Å². The maximum atomic E-state index is 10.3. The summed E-state index contributed by atoms with van der Waals surface area (Å²) in [4.78, 5) is 8.97. The number of benzene rings is 3. The predicted octanol–water partition coefficient (Wildman–Crippen LogP) is 4.25. The summed E-state index contributed by atoms with van der Waals surface area (Å²) in [5.41, 5.74) is 0.978. The minimum absolute atomic E-state index is 0.0871. The largest absolute Gasteiger partial charge is 0.504 e. The SMILES string of the molecule is Oc1c(O)c(O)c(-c2nc(-c3ccc(Br)cc3)nc3ccccc23)c(O)c1O. The first kappa shape index (κ1) is 17.9. The van der Waals surface area contributed by atoms with E-state index in [1.807, 2.05) is 12.1 Å². The topological polar surface area (TPSA) is 127 Å². The van der Waals surface area contributed by atoms with Gasteiger partial charge in [-0.15, -0.1) is 0 Å². The molecule has 5 N–H and O–H groups in total. The van der Waals surface area contributed by atoms with Gasteiger partial charge in [0.15, 0.2) is 17.3 Å². The number of phenolic OH excluding ortho intramolecular Hbond substituents is 5. The Morgan fingerprint density at radius 3 is 1.86 bits per heavy atom. The average molecular weight is 441 g/mol. The molecule has 0 atom stereocenters. The predicted molar refractivity (Wildman–Crippen MR) is 106 cm³/mol. The summed E-state index contributed by atoms with van der Waals surface area (Å²) >= 11 is 3.36. The Labute approximate surface area is 167 Å². The number of hydrogen-bond donors (Lipinski definition) is 5. The van der Waals surface area contributed by atoms with Crippen molar-refractivity contribution in [3.63, 3.8) is 0 Å². The molecule has 1 aromatic heterocycles. The van der Waals surface area contributed by atoms with Crippen LogP contribution in [0.15, 0.2) is 53.0 Å². The molecule has 0 fully saturated rings. The van der Waals surface area contributed by atoms with E-state index >= 15 is 0 Å². The maximum Gasteiger partial charge on any atom is 0.208 e. The lowest BCUT2D eigenvalue weighted by atomic mass is 10.0. The Hall–Kier alpha value is -3.52. The summed E-state index contributed by atoms with van der Waals surface area (Å²) in [7, 11) is 0. The van der Waals surface area contributed by atoms with E-state index in [0.29, 0.717) is 22.3 Å². The van der Waals surface area contributed by atoms with E-state index in [0.717, 1.165) is 4.47 Å². The Balaban J connectivity index is 2.09. The molecule has 0 amide bonds. The van der Waals surface area contributed by atoms with Crippen molar-refractivity contribution in [1.29, 1.82) is 0 Å². The van der Waals surface area contributed by atoms with Gasteiger partial charge >= 0.3 is 0 Å². The minimum atomic E-state index is -1.02. The first-order chi connectivity index (χ1) is 13.4. The second-order valence-electron chi connectivity index (χ2n) is 6.04. The Bertz CT molecular complexity index is 1200. The van der Waals surface area contributed by atoms with E-state index < -0.39 is 28.7 Å². The maximum absolute atomic E-state index is 10.3. The number of para-hydroxylation sites is 1. The van der Waals surface area contributed by atoms with Crippen LogP contribution in [-0.2, 0) is 0 Å². The van der Waals surface area contributed by atoms with Gasteiger partial charge in [-0.1, -0.05) is 46.3 Å². The van der Waals surface area contributed by atoms with Crippen LogP contribution in [0.1, 0.15) is 0 Å². The first-order valence-corrected chi connectivity index (χ1v) is 8.89. The van der Waals surface area contributed by atoms with Crippen LogP contribution in [0.2, 0.25) is 0 Å². The highest BCUT2D eigenvalue weighted by Crippen LogP contribution is 2.55. The Kier molecular flexibility index (Phi) is 4.20. The zero-order valence-corrected chi connectivity index (χ0v) is 15.7. The fourth-order valence-corrected chi connectivity index (χ4v) is 3.17. The standard InChI is InChI=1S/C20H13BrN2O5/c21-10-7-5-9(6-8-10)20-22-12-4-2-1-3-11(12)14(23-20)13-15(24)17(26)19(28)18(27)16(13)25/h1-8,24-28H. The number of aromatic hydroxyl groups is 5. The van der Waals surface area contributed by atoms with Crippen LogP contribution in [0.3, 0.4) is 0 Å².